The van der Waals surface area contributed by atoms with Crippen molar-refractivity contribution in [2.75, 3.05) is 31.1 Å². The molecule has 5 heterocycles. The van der Waals surface area contributed by atoms with Crippen LogP contribution in [0.2, 0.25) is 0 Å². The molecule has 174 valence electrons. The maximum Gasteiger partial charge on any atom is 0.276 e. The Morgan fingerprint density at radius 2 is 1.66 bits per heavy atom. The molecule has 8 nitrogen and oxygen atoms in total. The van der Waals surface area contributed by atoms with Gasteiger partial charge in [-0.05, 0) is 54.1 Å². The van der Waals surface area contributed by atoms with Gasteiger partial charge in [0.05, 0.1) is 12.1 Å². The summed E-state index contributed by atoms with van der Waals surface area (Å²) >= 11 is 0. The molecule has 0 radical (unpaired) electrons. The molecule has 0 unspecified atom stereocenters. The van der Waals surface area contributed by atoms with Crippen molar-refractivity contribution in [3.63, 3.8) is 0 Å². The number of rotatable bonds is 4. The topological polar surface area (TPSA) is 75.7 Å². The number of hydrogen-bond donors (Lipinski definition) is 0. The second-order valence-corrected chi connectivity index (χ2v) is 8.67. The Morgan fingerprint density at radius 1 is 0.829 bits per heavy atom. The number of pyridine rings is 2. The van der Waals surface area contributed by atoms with Crippen LogP contribution < -0.4 is 10.5 Å². The van der Waals surface area contributed by atoms with Crippen LogP contribution in [0, 0.1) is 0 Å². The highest BCUT2D eigenvalue weighted by Crippen LogP contribution is 2.17. The first kappa shape index (κ1) is 21.1. The molecule has 1 aliphatic heterocycles. The lowest BCUT2D eigenvalue weighted by Gasteiger charge is -2.35. The van der Waals surface area contributed by atoms with Gasteiger partial charge in [0.25, 0.3) is 11.5 Å². The number of aromatic nitrogens is 4. The van der Waals surface area contributed by atoms with E-state index in [1.165, 1.54) is 0 Å². The van der Waals surface area contributed by atoms with Crippen LogP contribution in [0.4, 0.5) is 5.82 Å². The Morgan fingerprint density at radius 3 is 2.49 bits per heavy atom. The molecular formula is C27H24N6O2. The Bertz CT molecular complexity index is 1580. The van der Waals surface area contributed by atoms with Gasteiger partial charge in [-0.15, -0.1) is 0 Å². The van der Waals surface area contributed by atoms with Gasteiger partial charge >= 0.3 is 0 Å². The number of anilines is 1. The van der Waals surface area contributed by atoms with Crippen LogP contribution in [-0.2, 0) is 6.54 Å². The molecule has 1 fully saturated rings. The molecule has 1 aliphatic rings. The van der Waals surface area contributed by atoms with Crippen LogP contribution in [0.3, 0.4) is 0 Å². The van der Waals surface area contributed by atoms with Gasteiger partial charge in [0.15, 0.2) is 5.65 Å². The minimum atomic E-state index is -0.108. The van der Waals surface area contributed by atoms with E-state index in [0.717, 1.165) is 30.0 Å². The molecule has 1 amide bonds. The minimum Gasteiger partial charge on any atom is -0.353 e. The fourth-order valence-corrected chi connectivity index (χ4v) is 4.78. The van der Waals surface area contributed by atoms with Crippen LogP contribution in [0.25, 0.3) is 16.7 Å². The van der Waals surface area contributed by atoms with Crippen molar-refractivity contribution in [3.05, 3.63) is 107 Å². The van der Waals surface area contributed by atoms with Gasteiger partial charge in [-0.3, -0.25) is 14.2 Å². The van der Waals surface area contributed by atoms with Crippen LogP contribution in [-0.4, -0.2) is 55.9 Å². The fourth-order valence-electron chi connectivity index (χ4n) is 4.78. The SMILES string of the molecule is O=C(c1cccc(Cn2c(=O)c3cccn3c3cccnc32)c1)N1CCN(c2ccccn2)CC1. The number of benzene rings is 1. The van der Waals surface area contributed by atoms with E-state index in [1.54, 1.807) is 17.0 Å². The third-order valence-corrected chi connectivity index (χ3v) is 6.55. The van der Waals surface area contributed by atoms with E-state index in [0.29, 0.717) is 36.4 Å². The Balaban J connectivity index is 1.25. The van der Waals surface area contributed by atoms with Gasteiger partial charge in [-0.2, -0.15) is 0 Å². The first-order chi connectivity index (χ1) is 17.2. The second-order valence-electron chi connectivity index (χ2n) is 8.67. The smallest absolute Gasteiger partial charge is 0.276 e. The average molecular weight is 465 g/mol. The lowest BCUT2D eigenvalue weighted by Crippen LogP contribution is -2.49. The average Bonchev–Trinajstić information content (AvgIpc) is 3.42. The molecule has 4 aromatic heterocycles. The highest BCUT2D eigenvalue weighted by molar-refractivity contribution is 5.94. The van der Waals surface area contributed by atoms with Crippen molar-refractivity contribution < 1.29 is 4.79 Å². The van der Waals surface area contributed by atoms with Crippen molar-refractivity contribution in [2.45, 2.75) is 6.54 Å². The van der Waals surface area contributed by atoms with Crippen molar-refractivity contribution in [1.82, 2.24) is 23.8 Å². The van der Waals surface area contributed by atoms with E-state index in [4.69, 9.17) is 0 Å². The molecule has 0 N–H and O–H groups in total. The summed E-state index contributed by atoms with van der Waals surface area (Å²) in [5, 5.41) is 0. The zero-order valence-electron chi connectivity index (χ0n) is 19.1. The molecule has 5 aromatic rings. The largest absolute Gasteiger partial charge is 0.353 e. The summed E-state index contributed by atoms with van der Waals surface area (Å²) < 4.78 is 3.55. The van der Waals surface area contributed by atoms with Crippen molar-refractivity contribution in [1.29, 1.82) is 0 Å². The number of fused-ring (bicyclic) bond motifs is 3. The predicted molar refractivity (Wildman–Crippen MR) is 135 cm³/mol. The molecule has 0 aliphatic carbocycles. The van der Waals surface area contributed by atoms with Gasteiger partial charge in [-0.1, -0.05) is 18.2 Å². The van der Waals surface area contributed by atoms with Gasteiger partial charge in [0.2, 0.25) is 0 Å². The third kappa shape index (κ3) is 3.82. The van der Waals surface area contributed by atoms with E-state index in [-0.39, 0.29) is 11.5 Å². The number of piperazine rings is 1. The summed E-state index contributed by atoms with van der Waals surface area (Å²) in [6.45, 7) is 3.10. The fraction of sp³-hybridized carbons (Fsp3) is 0.185. The molecule has 6 rings (SSSR count). The number of carbonyl (C=O) groups excluding carboxylic acids is 1. The van der Waals surface area contributed by atoms with Crippen LogP contribution in [0.5, 0.6) is 0 Å². The van der Waals surface area contributed by atoms with Gasteiger partial charge in [-0.25, -0.2) is 9.97 Å². The normalized spacial score (nSPS) is 14.1. The highest BCUT2D eigenvalue weighted by atomic mass is 16.2. The van der Waals surface area contributed by atoms with Crippen molar-refractivity contribution in [3.8, 4) is 0 Å². The van der Waals surface area contributed by atoms with Crippen LogP contribution >= 0.6 is 0 Å². The predicted octanol–water partition coefficient (Wildman–Crippen LogP) is 3.05. The molecule has 0 spiro atoms. The van der Waals surface area contributed by atoms with Gasteiger partial charge < -0.3 is 14.2 Å². The Hall–Kier alpha value is -4.46. The zero-order chi connectivity index (χ0) is 23.8. The molecular weight excluding hydrogens is 440 g/mol. The summed E-state index contributed by atoms with van der Waals surface area (Å²) in [5.41, 5.74) is 3.48. The standard InChI is InChI=1S/C27H24N6O2/c34-26(31-16-14-30(15-17-31)24-10-1-2-11-28-24)21-7-3-6-20(18-21)19-33-25-22(8-4-12-29-25)32-13-5-9-23(32)27(33)35/h1-13,18H,14-17,19H2. The lowest BCUT2D eigenvalue weighted by molar-refractivity contribution is 0.0746. The van der Waals surface area contributed by atoms with Crippen molar-refractivity contribution >= 4 is 28.4 Å². The maximum absolute atomic E-state index is 13.3. The summed E-state index contributed by atoms with van der Waals surface area (Å²) in [5.74, 6) is 0.942. The maximum atomic E-state index is 13.3. The minimum absolute atomic E-state index is 0.00453. The molecule has 35 heavy (non-hydrogen) atoms. The van der Waals surface area contributed by atoms with E-state index in [2.05, 4.69) is 14.9 Å². The first-order valence-corrected chi connectivity index (χ1v) is 11.7. The molecule has 0 bridgehead atoms. The van der Waals surface area contributed by atoms with Gasteiger partial charge in [0.1, 0.15) is 11.3 Å². The quantitative estimate of drug-likeness (QED) is 0.409. The summed E-state index contributed by atoms with van der Waals surface area (Å²) in [6.07, 6.45) is 5.35. The highest BCUT2D eigenvalue weighted by Gasteiger charge is 2.23. The van der Waals surface area contributed by atoms with E-state index < -0.39 is 0 Å². The Kier molecular flexibility index (Phi) is 5.25. The van der Waals surface area contributed by atoms with Gasteiger partial charge in [0, 0.05) is 50.3 Å². The summed E-state index contributed by atoms with van der Waals surface area (Å²) in [7, 11) is 0. The molecule has 1 aromatic carbocycles. The number of amides is 1. The summed E-state index contributed by atoms with van der Waals surface area (Å²) in [6, 6.07) is 20.9. The monoisotopic (exact) mass is 464 g/mol. The molecule has 1 saturated heterocycles. The summed E-state index contributed by atoms with van der Waals surface area (Å²) in [4.78, 5) is 39.5. The molecule has 8 heteroatoms. The number of hydrogen-bond acceptors (Lipinski definition) is 5. The molecule has 0 atom stereocenters. The van der Waals surface area contributed by atoms with E-state index in [1.807, 2.05) is 82.2 Å². The third-order valence-electron chi connectivity index (χ3n) is 6.55. The van der Waals surface area contributed by atoms with Crippen LogP contribution in [0.15, 0.2) is 90.1 Å². The zero-order valence-corrected chi connectivity index (χ0v) is 19.1. The van der Waals surface area contributed by atoms with E-state index in [9.17, 15) is 9.59 Å². The first-order valence-electron chi connectivity index (χ1n) is 11.7. The second kappa shape index (κ2) is 8.72. The number of carbonyl (C=O) groups is 1. The lowest BCUT2D eigenvalue weighted by atomic mass is 10.1. The van der Waals surface area contributed by atoms with E-state index >= 15 is 0 Å². The van der Waals surface area contributed by atoms with Crippen LogP contribution in [0.1, 0.15) is 15.9 Å². The molecule has 0 saturated carbocycles. The van der Waals surface area contributed by atoms with Crippen molar-refractivity contribution in [2.24, 2.45) is 0 Å². The Labute approximate surface area is 201 Å². The number of nitrogens with zero attached hydrogens (tertiary/aromatic N) is 6.